The first-order valence-corrected chi connectivity index (χ1v) is 9.01. The maximum Gasteiger partial charge on any atom is 0.231 e. The highest BCUT2D eigenvalue weighted by Crippen LogP contribution is 2.36. The van der Waals surface area contributed by atoms with E-state index in [1.807, 2.05) is 18.2 Å². The maximum absolute atomic E-state index is 5.76. The monoisotopic (exact) mass is 347 g/mol. The Kier molecular flexibility index (Phi) is 4.66. The molecule has 1 atom stereocenters. The van der Waals surface area contributed by atoms with E-state index in [0.717, 1.165) is 60.5 Å². The van der Waals surface area contributed by atoms with Gasteiger partial charge in [-0.05, 0) is 25.2 Å². The average Bonchev–Trinajstić information content (AvgIpc) is 3.23. The molecule has 2 aliphatic heterocycles. The Morgan fingerprint density at radius 1 is 1.33 bits per heavy atom. The summed E-state index contributed by atoms with van der Waals surface area (Å²) in [7, 11) is 2.13. The van der Waals surface area contributed by atoms with E-state index in [9.17, 15) is 0 Å². The van der Waals surface area contributed by atoms with Crippen molar-refractivity contribution in [1.82, 2.24) is 15.2 Å². The van der Waals surface area contributed by atoms with Crippen LogP contribution in [0.15, 0.2) is 23.6 Å². The van der Waals surface area contributed by atoms with Crippen molar-refractivity contribution in [2.24, 2.45) is 0 Å². The molecule has 6 nitrogen and oxygen atoms in total. The summed E-state index contributed by atoms with van der Waals surface area (Å²) < 4.78 is 16.5. The van der Waals surface area contributed by atoms with Gasteiger partial charge in [0.25, 0.3) is 0 Å². The summed E-state index contributed by atoms with van der Waals surface area (Å²) in [5.74, 6) is 1.59. The van der Waals surface area contributed by atoms with Crippen LogP contribution in [0.1, 0.15) is 5.69 Å². The van der Waals surface area contributed by atoms with Gasteiger partial charge in [-0.25, -0.2) is 4.98 Å². The fourth-order valence-corrected chi connectivity index (χ4v) is 3.72. The lowest BCUT2D eigenvalue weighted by Crippen LogP contribution is -2.44. The number of morpholine rings is 1. The number of rotatable bonds is 5. The lowest BCUT2D eigenvalue weighted by atomic mass is 10.2. The summed E-state index contributed by atoms with van der Waals surface area (Å²) >= 11 is 1.65. The largest absolute Gasteiger partial charge is 0.454 e. The Morgan fingerprint density at radius 3 is 3.17 bits per heavy atom. The van der Waals surface area contributed by atoms with E-state index in [-0.39, 0.29) is 6.10 Å². The van der Waals surface area contributed by atoms with Crippen molar-refractivity contribution >= 4 is 11.3 Å². The molecule has 7 heteroatoms. The fraction of sp³-hybridized carbons (Fsp3) is 0.471. The number of nitrogens with zero attached hydrogens (tertiary/aromatic N) is 2. The van der Waals surface area contributed by atoms with Crippen LogP contribution < -0.4 is 14.8 Å². The second-order valence-electron chi connectivity index (χ2n) is 6.10. The van der Waals surface area contributed by atoms with Gasteiger partial charge in [0.05, 0.1) is 18.4 Å². The molecule has 4 rings (SSSR count). The molecule has 0 amide bonds. The Balaban J connectivity index is 1.33. The Morgan fingerprint density at radius 2 is 2.25 bits per heavy atom. The van der Waals surface area contributed by atoms with Crippen molar-refractivity contribution < 1.29 is 14.2 Å². The highest BCUT2D eigenvalue weighted by Gasteiger charge is 2.18. The number of benzene rings is 1. The summed E-state index contributed by atoms with van der Waals surface area (Å²) in [5, 5.41) is 6.54. The van der Waals surface area contributed by atoms with Gasteiger partial charge in [-0.1, -0.05) is 0 Å². The van der Waals surface area contributed by atoms with Gasteiger partial charge >= 0.3 is 0 Å². The number of hydrogen-bond donors (Lipinski definition) is 1. The van der Waals surface area contributed by atoms with Gasteiger partial charge in [0, 0.05) is 37.1 Å². The first kappa shape index (κ1) is 15.8. The molecule has 128 valence electrons. The number of thiazole rings is 1. The topological polar surface area (TPSA) is 55.9 Å². The number of hydrogen-bond acceptors (Lipinski definition) is 7. The first-order valence-electron chi connectivity index (χ1n) is 8.13. The minimum Gasteiger partial charge on any atom is -0.454 e. The zero-order valence-electron chi connectivity index (χ0n) is 13.7. The average molecular weight is 347 g/mol. The zero-order valence-corrected chi connectivity index (χ0v) is 14.5. The minimum absolute atomic E-state index is 0.260. The van der Waals surface area contributed by atoms with Gasteiger partial charge in [0.15, 0.2) is 11.5 Å². The predicted molar refractivity (Wildman–Crippen MR) is 92.6 cm³/mol. The van der Waals surface area contributed by atoms with Crippen LogP contribution in [0.5, 0.6) is 11.5 Å². The summed E-state index contributed by atoms with van der Waals surface area (Å²) in [6.45, 7) is 4.71. The molecule has 0 radical (unpaired) electrons. The van der Waals surface area contributed by atoms with Crippen molar-refractivity contribution in [2.75, 3.05) is 40.1 Å². The normalized spacial score (nSPS) is 20.5. The molecule has 3 heterocycles. The molecule has 0 unspecified atom stereocenters. The predicted octanol–water partition coefficient (Wildman–Crippen LogP) is 1.96. The van der Waals surface area contributed by atoms with Gasteiger partial charge in [-0.3, -0.25) is 0 Å². The quantitative estimate of drug-likeness (QED) is 0.892. The highest BCUT2D eigenvalue weighted by molar-refractivity contribution is 7.13. The molecule has 0 saturated carbocycles. The third-order valence-electron chi connectivity index (χ3n) is 4.19. The third kappa shape index (κ3) is 3.54. The van der Waals surface area contributed by atoms with Gasteiger partial charge in [0.2, 0.25) is 6.79 Å². The minimum atomic E-state index is 0.260. The molecular weight excluding hydrogens is 326 g/mol. The van der Waals surface area contributed by atoms with Gasteiger partial charge in [-0.2, -0.15) is 0 Å². The lowest BCUT2D eigenvalue weighted by Gasteiger charge is -2.30. The molecule has 1 saturated heterocycles. The van der Waals surface area contributed by atoms with Crippen molar-refractivity contribution in [2.45, 2.75) is 12.6 Å². The standard InChI is InChI=1S/C17H21N3O3S/c1-20-4-5-21-14(9-20)8-18-7-13-10-24-17(19-13)12-2-3-15-16(6-12)23-11-22-15/h2-3,6,10,14,18H,4-5,7-9,11H2,1H3/t14-/m0/s1. The second kappa shape index (κ2) is 7.06. The van der Waals surface area contributed by atoms with Crippen molar-refractivity contribution in [1.29, 1.82) is 0 Å². The number of nitrogens with one attached hydrogen (secondary N) is 1. The molecule has 0 bridgehead atoms. The molecule has 1 aromatic heterocycles. The zero-order chi connectivity index (χ0) is 16.4. The Bertz CT molecular complexity index is 706. The first-order chi connectivity index (χ1) is 11.8. The van der Waals surface area contributed by atoms with Crippen molar-refractivity contribution in [3.63, 3.8) is 0 Å². The Hall–Kier alpha value is -1.67. The molecular formula is C17H21N3O3S. The van der Waals surface area contributed by atoms with E-state index in [4.69, 9.17) is 19.2 Å². The van der Waals surface area contributed by atoms with Crippen molar-refractivity contribution in [3.05, 3.63) is 29.3 Å². The molecule has 0 aliphatic carbocycles. The van der Waals surface area contributed by atoms with E-state index in [0.29, 0.717) is 6.79 Å². The smallest absolute Gasteiger partial charge is 0.231 e. The van der Waals surface area contributed by atoms with E-state index < -0.39 is 0 Å². The lowest BCUT2D eigenvalue weighted by molar-refractivity contribution is -0.0182. The van der Waals surface area contributed by atoms with Gasteiger partial charge in [-0.15, -0.1) is 11.3 Å². The summed E-state index contributed by atoms with van der Waals surface area (Å²) in [5.41, 5.74) is 2.12. The molecule has 1 N–H and O–H groups in total. The van der Waals surface area contributed by atoms with E-state index in [2.05, 4.69) is 22.6 Å². The number of ether oxygens (including phenoxy) is 3. The van der Waals surface area contributed by atoms with Crippen molar-refractivity contribution in [3.8, 4) is 22.1 Å². The van der Waals surface area contributed by atoms with Crippen LogP contribution in [-0.2, 0) is 11.3 Å². The molecule has 2 aromatic rings. The van der Waals surface area contributed by atoms with Crippen LogP contribution in [0.3, 0.4) is 0 Å². The summed E-state index contributed by atoms with van der Waals surface area (Å²) in [6.07, 6.45) is 0.260. The van der Waals surface area contributed by atoms with E-state index >= 15 is 0 Å². The Labute approximate surface area is 145 Å². The molecule has 1 aromatic carbocycles. The SMILES string of the molecule is CN1CCO[C@@H](CNCc2csc(-c3ccc4c(c3)OCO4)n2)C1. The molecule has 0 spiro atoms. The van der Waals surface area contributed by atoms with Gasteiger partial charge in [0.1, 0.15) is 5.01 Å². The van der Waals surface area contributed by atoms with E-state index in [1.165, 1.54) is 0 Å². The van der Waals surface area contributed by atoms with Crippen LogP contribution in [0.4, 0.5) is 0 Å². The third-order valence-corrected chi connectivity index (χ3v) is 5.13. The molecule has 24 heavy (non-hydrogen) atoms. The van der Waals surface area contributed by atoms with Gasteiger partial charge < -0.3 is 24.4 Å². The van der Waals surface area contributed by atoms with E-state index in [1.54, 1.807) is 11.3 Å². The van der Waals surface area contributed by atoms with Crippen LogP contribution in [0, 0.1) is 0 Å². The summed E-state index contributed by atoms with van der Waals surface area (Å²) in [6, 6.07) is 5.95. The van der Waals surface area contributed by atoms with Crippen LogP contribution in [0.25, 0.3) is 10.6 Å². The van der Waals surface area contributed by atoms with Crippen LogP contribution >= 0.6 is 11.3 Å². The number of fused-ring (bicyclic) bond motifs is 1. The fourth-order valence-electron chi connectivity index (χ4n) is 2.90. The molecule has 2 aliphatic rings. The van der Waals surface area contributed by atoms with Crippen LogP contribution in [-0.4, -0.2) is 56.1 Å². The number of aromatic nitrogens is 1. The number of likely N-dealkylation sites (N-methyl/N-ethyl adjacent to an activating group) is 1. The maximum atomic E-state index is 5.76. The molecule has 1 fully saturated rings. The highest BCUT2D eigenvalue weighted by atomic mass is 32.1. The van der Waals surface area contributed by atoms with Crippen LogP contribution in [0.2, 0.25) is 0 Å². The summed E-state index contributed by atoms with van der Waals surface area (Å²) in [4.78, 5) is 7.01. The second-order valence-corrected chi connectivity index (χ2v) is 6.96.